The number of hydrogen-bond acceptors (Lipinski definition) is 3. The van der Waals surface area contributed by atoms with Crippen LogP contribution in [0.2, 0.25) is 0 Å². The summed E-state index contributed by atoms with van der Waals surface area (Å²) in [4.78, 5) is 20.8. The summed E-state index contributed by atoms with van der Waals surface area (Å²) >= 11 is 0. The van der Waals surface area contributed by atoms with Gasteiger partial charge in [-0.05, 0) is 36.6 Å². The Labute approximate surface area is 129 Å². The number of aromatic nitrogens is 4. The third-order valence-corrected chi connectivity index (χ3v) is 3.92. The van der Waals surface area contributed by atoms with Gasteiger partial charge < -0.3 is 0 Å². The first-order valence-corrected chi connectivity index (χ1v) is 7.69. The Morgan fingerprint density at radius 2 is 2.00 bits per heavy atom. The molecule has 0 aliphatic rings. The molecule has 0 spiro atoms. The largest absolute Gasteiger partial charge is 0.273 e. The van der Waals surface area contributed by atoms with Crippen LogP contribution in [-0.4, -0.2) is 19.7 Å². The number of aryl methyl sites for hydroxylation is 2. The van der Waals surface area contributed by atoms with Crippen molar-refractivity contribution in [2.24, 2.45) is 7.05 Å². The number of hydrogen-bond donors (Lipinski definition) is 1. The second-order valence-electron chi connectivity index (χ2n) is 5.55. The molecular formula is C17H20N4O. The van der Waals surface area contributed by atoms with Crippen LogP contribution in [0, 0.1) is 0 Å². The van der Waals surface area contributed by atoms with Gasteiger partial charge in [0, 0.05) is 25.0 Å². The summed E-state index contributed by atoms with van der Waals surface area (Å²) in [6.07, 6.45) is 7.92. The predicted octanol–water partition coefficient (Wildman–Crippen LogP) is 3.06. The first-order valence-electron chi connectivity index (χ1n) is 7.69. The number of nitrogens with one attached hydrogen (secondary N) is 1. The highest BCUT2D eigenvalue weighted by atomic mass is 16.1. The van der Waals surface area contributed by atoms with E-state index in [9.17, 15) is 4.79 Å². The lowest BCUT2D eigenvalue weighted by atomic mass is 10.0. The summed E-state index contributed by atoms with van der Waals surface area (Å²) in [6, 6.07) is 5.88. The first-order chi connectivity index (χ1) is 10.7. The lowest BCUT2D eigenvalue weighted by Gasteiger charge is -2.09. The minimum Gasteiger partial charge on any atom is -0.271 e. The summed E-state index contributed by atoms with van der Waals surface area (Å²) in [7, 11) is 1.82. The zero-order valence-electron chi connectivity index (χ0n) is 13.0. The molecule has 3 aromatic rings. The molecule has 0 fully saturated rings. The molecule has 3 rings (SSSR count). The lowest BCUT2D eigenvalue weighted by molar-refractivity contribution is 0.706. The number of rotatable bonds is 5. The van der Waals surface area contributed by atoms with E-state index in [0.29, 0.717) is 11.0 Å². The van der Waals surface area contributed by atoms with Crippen molar-refractivity contribution in [2.75, 3.05) is 0 Å². The molecule has 0 aliphatic heterocycles. The van der Waals surface area contributed by atoms with Gasteiger partial charge in [0.05, 0.1) is 11.1 Å². The highest BCUT2D eigenvalue weighted by Gasteiger charge is 2.13. The number of nitrogens with zero attached hydrogens (tertiary/aromatic N) is 3. The lowest BCUT2D eigenvalue weighted by Crippen LogP contribution is -2.01. The third-order valence-electron chi connectivity index (χ3n) is 3.92. The molecule has 3 aromatic heterocycles. The van der Waals surface area contributed by atoms with E-state index in [1.165, 1.54) is 12.8 Å². The van der Waals surface area contributed by atoms with Crippen LogP contribution in [0.25, 0.3) is 22.2 Å². The van der Waals surface area contributed by atoms with Gasteiger partial charge in [-0.15, -0.1) is 0 Å². The molecular weight excluding hydrogens is 276 g/mol. The van der Waals surface area contributed by atoms with Gasteiger partial charge in [0.25, 0.3) is 5.56 Å². The van der Waals surface area contributed by atoms with Crippen LogP contribution in [0.15, 0.2) is 35.4 Å². The molecule has 0 unspecified atom stereocenters. The number of fused-ring (bicyclic) bond motifs is 1. The predicted molar refractivity (Wildman–Crippen MR) is 87.8 cm³/mol. The summed E-state index contributed by atoms with van der Waals surface area (Å²) < 4.78 is 1.69. The van der Waals surface area contributed by atoms with Crippen LogP contribution in [-0.2, 0) is 13.5 Å². The summed E-state index contributed by atoms with van der Waals surface area (Å²) in [5.41, 5.74) is 3.75. The zero-order chi connectivity index (χ0) is 15.5. The van der Waals surface area contributed by atoms with Crippen molar-refractivity contribution in [1.29, 1.82) is 0 Å². The maximum atomic E-state index is 12.0. The van der Waals surface area contributed by atoms with Gasteiger partial charge in [0.2, 0.25) is 0 Å². The van der Waals surface area contributed by atoms with Crippen molar-refractivity contribution in [3.63, 3.8) is 0 Å². The Balaban J connectivity index is 2.16. The first kappa shape index (κ1) is 14.5. The van der Waals surface area contributed by atoms with Gasteiger partial charge in [-0.3, -0.25) is 19.6 Å². The van der Waals surface area contributed by atoms with Gasteiger partial charge >= 0.3 is 0 Å². The van der Waals surface area contributed by atoms with Crippen molar-refractivity contribution < 1.29 is 0 Å². The fourth-order valence-electron chi connectivity index (χ4n) is 2.74. The third kappa shape index (κ3) is 2.66. The fraction of sp³-hybridized carbons (Fsp3) is 0.353. The summed E-state index contributed by atoms with van der Waals surface area (Å²) in [6.45, 7) is 2.19. The molecule has 5 heteroatoms. The molecule has 0 saturated heterocycles. The van der Waals surface area contributed by atoms with E-state index in [2.05, 4.69) is 17.0 Å². The molecule has 0 atom stereocenters. The average molecular weight is 296 g/mol. The quantitative estimate of drug-likeness (QED) is 0.736. The molecule has 0 aromatic carbocycles. The molecule has 3 heterocycles. The molecule has 0 saturated carbocycles. The minimum absolute atomic E-state index is 0.0968. The monoisotopic (exact) mass is 296 g/mol. The highest BCUT2D eigenvalue weighted by molar-refractivity contribution is 5.82. The van der Waals surface area contributed by atoms with Crippen molar-refractivity contribution >= 4 is 11.0 Å². The van der Waals surface area contributed by atoms with Crippen LogP contribution in [0.1, 0.15) is 31.9 Å². The standard InChI is InChI=1S/C17H20N4O/c1-3-4-5-6-15-13(12-7-9-18-10-8-12)11-14-16(19-15)21(2)20-17(14)22/h7-11H,3-6H2,1-2H3,(H,20,22). The molecule has 114 valence electrons. The SMILES string of the molecule is CCCCCc1nc2c(cc1-c1ccncc1)c(=O)[nH]n2C. The van der Waals surface area contributed by atoms with E-state index in [1.807, 2.05) is 25.2 Å². The fourth-order valence-corrected chi connectivity index (χ4v) is 2.74. The maximum Gasteiger partial charge on any atom is 0.273 e. The van der Waals surface area contributed by atoms with Crippen molar-refractivity contribution in [3.05, 3.63) is 46.6 Å². The molecule has 0 amide bonds. The number of aromatic amines is 1. The van der Waals surface area contributed by atoms with Crippen molar-refractivity contribution in [2.45, 2.75) is 32.6 Å². The molecule has 0 radical (unpaired) electrons. The zero-order valence-corrected chi connectivity index (χ0v) is 13.0. The molecule has 1 N–H and O–H groups in total. The van der Waals surface area contributed by atoms with E-state index >= 15 is 0 Å². The van der Waals surface area contributed by atoms with Gasteiger partial charge in [-0.1, -0.05) is 19.8 Å². The Morgan fingerprint density at radius 3 is 2.73 bits per heavy atom. The highest BCUT2D eigenvalue weighted by Crippen LogP contribution is 2.26. The van der Waals surface area contributed by atoms with Gasteiger partial charge in [-0.25, -0.2) is 4.98 Å². The van der Waals surface area contributed by atoms with E-state index in [0.717, 1.165) is 29.7 Å². The Hall–Kier alpha value is -2.43. The molecule has 0 aliphatic carbocycles. The Bertz CT molecular complexity index is 833. The second-order valence-corrected chi connectivity index (χ2v) is 5.55. The number of unbranched alkanes of at least 4 members (excludes halogenated alkanes) is 2. The Morgan fingerprint density at radius 1 is 1.23 bits per heavy atom. The topological polar surface area (TPSA) is 63.6 Å². The van der Waals surface area contributed by atoms with E-state index in [1.54, 1.807) is 17.1 Å². The second kappa shape index (κ2) is 6.13. The van der Waals surface area contributed by atoms with Gasteiger partial charge in [-0.2, -0.15) is 0 Å². The normalized spacial score (nSPS) is 11.2. The van der Waals surface area contributed by atoms with Crippen LogP contribution in [0.3, 0.4) is 0 Å². The Kier molecular flexibility index (Phi) is 4.04. The minimum atomic E-state index is -0.0968. The van der Waals surface area contributed by atoms with Crippen molar-refractivity contribution in [1.82, 2.24) is 19.7 Å². The summed E-state index contributed by atoms with van der Waals surface area (Å²) in [5, 5.41) is 3.41. The van der Waals surface area contributed by atoms with Crippen LogP contribution >= 0.6 is 0 Å². The van der Waals surface area contributed by atoms with E-state index in [4.69, 9.17) is 4.98 Å². The van der Waals surface area contributed by atoms with Crippen LogP contribution < -0.4 is 5.56 Å². The van der Waals surface area contributed by atoms with Crippen LogP contribution in [0.4, 0.5) is 0 Å². The maximum absolute atomic E-state index is 12.0. The average Bonchev–Trinajstić information content (AvgIpc) is 2.82. The summed E-state index contributed by atoms with van der Waals surface area (Å²) in [5.74, 6) is 0. The number of pyridine rings is 2. The smallest absolute Gasteiger partial charge is 0.271 e. The van der Waals surface area contributed by atoms with Gasteiger partial charge in [0.15, 0.2) is 5.65 Å². The molecule has 22 heavy (non-hydrogen) atoms. The van der Waals surface area contributed by atoms with Crippen molar-refractivity contribution in [3.8, 4) is 11.1 Å². The molecule has 0 bridgehead atoms. The van der Waals surface area contributed by atoms with Gasteiger partial charge in [0.1, 0.15) is 0 Å². The van der Waals surface area contributed by atoms with E-state index in [-0.39, 0.29) is 5.56 Å². The van der Waals surface area contributed by atoms with Crippen LogP contribution in [0.5, 0.6) is 0 Å². The van der Waals surface area contributed by atoms with E-state index < -0.39 is 0 Å². The molecule has 5 nitrogen and oxygen atoms in total. The number of H-pyrrole nitrogens is 1.